The lowest BCUT2D eigenvalue weighted by Crippen LogP contribution is -2.49. The van der Waals surface area contributed by atoms with Crippen LogP contribution in [-0.4, -0.2) is 89.8 Å². The lowest BCUT2D eigenvalue weighted by atomic mass is 9.96. The number of likely N-dealkylation sites (N-methyl/N-ethyl adjacent to an activating group) is 1. The Balaban J connectivity index is 1.60. The first kappa shape index (κ1) is 29.5. The number of carbonyl (C=O) groups excluding carboxylic acids is 2. The molecule has 4 rings (SSSR count). The number of aromatic carboxylic acids is 1. The van der Waals surface area contributed by atoms with Gasteiger partial charge in [-0.05, 0) is 69.7 Å². The molecule has 2 aliphatic rings. The van der Waals surface area contributed by atoms with Gasteiger partial charge in [-0.2, -0.15) is 0 Å². The van der Waals surface area contributed by atoms with Crippen LogP contribution in [0.15, 0.2) is 42.5 Å². The average Bonchev–Trinajstić information content (AvgIpc) is 2.95. The number of fused-ring (bicyclic) bond motifs is 1. The third-order valence-electron chi connectivity index (χ3n) is 7.80. The maximum atomic E-state index is 13.7. The largest absolute Gasteiger partial charge is 0.486 e. The van der Waals surface area contributed by atoms with Crippen molar-refractivity contribution >= 4 is 23.5 Å². The summed E-state index contributed by atoms with van der Waals surface area (Å²) in [7, 11) is 1.96. The first-order valence-corrected chi connectivity index (χ1v) is 13.9. The summed E-state index contributed by atoms with van der Waals surface area (Å²) in [6.45, 7) is 6.74. The summed E-state index contributed by atoms with van der Waals surface area (Å²) in [6.07, 6.45) is 1.17. The zero-order valence-electron chi connectivity index (χ0n) is 23.4. The normalized spacial score (nSPS) is 20.7. The quantitative estimate of drug-likeness (QED) is 0.374. The molecule has 2 aromatic rings. The topological polar surface area (TPSA) is 131 Å². The minimum absolute atomic E-state index is 0.0832. The van der Waals surface area contributed by atoms with Crippen LogP contribution in [0.3, 0.4) is 0 Å². The van der Waals surface area contributed by atoms with Crippen LogP contribution >= 0.6 is 0 Å². The minimum Gasteiger partial charge on any atom is -0.486 e. The van der Waals surface area contributed by atoms with Gasteiger partial charge in [0.25, 0.3) is 5.91 Å². The van der Waals surface area contributed by atoms with Crippen LogP contribution in [0.1, 0.15) is 53.0 Å². The van der Waals surface area contributed by atoms with E-state index in [-0.39, 0.29) is 48.0 Å². The number of para-hydroxylation sites is 1. The van der Waals surface area contributed by atoms with Crippen molar-refractivity contribution in [3.8, 4) is 5.75 Å². The van der Waals surface area contributed by atoms with E-state index in [9.17, 15) is 24.6 Å². The number of rotatable bonds is 9. The number of benzene rings is 2. The summed E-state index contributed by atoms with van der Waals surface area (Å²) in [5.74, 6) is -1.14. The van der Waals surface area contributed by atoms with Gasteiger partial charge in [0.15, 0.2) is 5.75 Å². The number of ether oxygens (including phenoxy) is 1. The number of hydrogen-bond acceptors (Lipinski definition) is 7. The number of carboxylic acids is 1. The summed E-state index contributed by atoms with van der Waals surface area (Å²) in [6, 6.07) is 11.6. The number of aliphatic hydroxyl groups is 1. The van der Waals surface area contributed by atoms with Gasteiger partial charge >= 0.3 is 5.97 Å². The van der Waals surface area contributed by atoms with Crippen molar-refractivity contribution in [3.05, 3.63) is 59.2 Å². The van der Waals surface area contributed by atoms with E-state index in [1.807, 2.05) is 20.9 Å². The van der Waals surface area contributed by atoms with Crippen molar-refractivity contribution in [1.82, 2.24) is 15.1 Å². The molecule has 0 radical (unpaired) electrons. The van der Waals surface area contributed by atoms with E-state index in [2.05, 4.69) is 15.5 Å². The van der Waals surface area contributed by atoms with Gasteiger partial charge in [0.05, 0.1) is 29.5 Å². The highest BCUT2D eigenvalue weighted by Crippen LogP contribution is 2.35. The fraction of sp³-hybridized carbons (Fsp3) is 0.500. The minimum atomic E-state index is -0.963. The van der Waals surface area contributed by atoms with Gasteiger partial charge in [-0.15, -0.1) is 0 Å². The first-order chi connectivity index (χ1) is 19.2. The van der Waals surface area contributed by atoms with Crippen LogP contribution in [0.4, 0.5) is 5.69 Å². The molecule has 2 aliphatic heterocycles. The molecule has 0 saturated carbocycles. The number of carbonyl (C=O) groups is 3. The predicted octanol–water partition coefficient (Wildman–Crippen LogP) is 2.68. The molecule has 10 nitrogen and oxygen atoms in total. The number of carboxylic acid groups (broad SMARTS) is 1. The molecule has 0 spiro atoms. The van der Waals surface area contributed by atoms with Crippen LogP contribution in [-0.2, 0) is 11.3 Å². The Hall–Kier alpha value is -3.47. The van der Waals surface area contributed by atoms with E-state index >= 15 is 0 Å². The molecule has 1 saturated heterocycles. The molecule has 10 heteroatoms. The SMILES string of the molecule is C[C@H]1CN([C@@H](C)CO)C(=O)c2cccc(NC(=O)C3CCNCC3)c2O[C@@H]1CN(C)Cc1ccc(C(=O)O)cc1. The van der Waals surface area contributed by atoms with Crippen LogP contribution in [0.2, 0.25) is 0 Å². The summed E-state index contributed by atoms with van der Waals surface area (Å²) in [5, 5.41) is 25.4. The van der Waals surface area contributed by atoms with Gasteiger partial charge < -0.3 is 30.5 Å². The monoisotopic (exact) mass is 552 g/mol. The molecular weight excluding hydrogens is 512 g/mol. The molecule has 3 atom stereocenters. The highest BCUT2D eigenvalue weighted by molar-refractivity contribution is 6.02. The van der Waals surface area contributed by atoms with Crippen LogP contribution in [0.5, 0.6) is 5.75 Å². The van der Waals surface area contributed by atoms with Gasteiger partial charge in [0.1, 0.15) is 6.10 Å². The number of aliphatic hydroxyl groups excluding tert-OH is 1. The molecule has 0 unspecified atom stereocenters. The van der Waals surface area contributed by atoms with Gasteiger partial charge in [-0.1, -0.05) is 25.1 Å². The summed E-state index contributed by atoms with van der Waals surface area (Å²) in [4.78, 5) is 41.8. The molecule has 0 bridgehead atoms. The second-order valence-electron chi connectivity index (χ2n) is 11.0. The molecule has 40 heavy (non-hydrogen) atoms. The Morgan fingerprint density at radius 3 is 2.52 bits per heavy atom. The number of piperidine rings is 1. The van der Waals surface area contributed by atoms with E-state index in [1.54, 1.807) is 47.4 Å². The van der Waals surface area contributed by atoms with Crippen molar-refractivity contribution in [1.29, 1.82) is 0 Å². The van der Waals surface area contributed by atoms with E-state index in [4.69, 9.17) is 4.74 Å². The van der Waals surface area contributed by atoms with Gasteiger partial charge in [-0.25, -0.2) is 4.79 Å². The fourth-order valence-corrected chi connectivity index (χ4v) is 5.31. The maximum absolute atomic E-state index is 13.7. The molecule has 216 valence electrons. The van der Waals surface area contributed by atoms with E-state index in [0.717, 1.165) is 31.5 Å². The Bertz CT molecular complexity index is 1200. The lowest BCUT2D eigenvalue weighted by molar-refractivity contribution is -0.120. The predicted molar refractivity (Wildman–Crippen MR) is 152 cm³/mol. The molecule has 1 fully saturated rings. The number of hydrogen-bond donors (Lipinski definition) is 4. The zero-order valence-corrected chi connectivity index (χ0v) is 23.4. The summed E-state index contributed by atoms with van der Waals surface area (Å²) < 4.78 is 6.60. The second kappa shape index (κ2) is 13.3. The summed E-state index contributed by atoms with van der Waals surface area (Å²) in [5.41, 5.74) is 2.03. The average molecular weight is 553 g/mol. The number of anilines is 1. The maximum Gasteiger partial charge on any atom is 0.335 e. The van der Waals surface area contributed by atoms with Crippen molar-refractivity contribution in [2.75, 3.05) is 45.2 Å². The number of nitrogens with one attached hydrogen (secondary N) is 2. The molecule has 0 aliphatic carbocycles. The Morgan fingerprint density at radius 2 is 1.88 bits per heavy atom. The fourth-order valence-electron chi connectivity index (χ4n) is 5.31. The smallest absolute Gasteiger partial charge is 0.335 e. The molecule has 2 amide bonds. The van der Waals surface area contributed by atoms with E-state index in [0.29, 0.717) is 36.6 Å². The molecular formula is C30H40N4O6. The Labute approximate surface area is 235 Å². The van der Waals surface area contributed by atoms with Crippen molar-refractivity contribution in [2.45, 2.75) is 45.4 Å². The standard InChI is InChI=1S/C30H40N4O6/c1-19-15-34(20(2)18-35)29(37)24-5-4-6-25(32-28(36)22-11-13-31-14-12-22)27(24)40-26(19)17-33(3)16-21-7-9-23(10-8-21)30(38)39/h4-10,19-20,22,26,31,35H,11-18H2,1-3H3,(H,32,36)(H,38,39)/t19-,20-,26+/m0/s1. The molecule has 2 aromatic carbocycles. The molecule has 0 aromatic heterocycles. The van der Waals surface area contributed by atoms with Crippen LogP contribution in [0, 0.1) is 11.8 Å². The van der Waals surface area contributed by atoms with Gasteiger partial charge in [-0.3, -0.25) is 14.5 Å². The highest BCUT2D eigenvalue weighted by Gasteiger charge is 2.35. The summed E-state index contributed by atoms with van der Waals surface area (Å²) >= 11 is 0. The zero-order chi connectivity index (χ0) is 28.8. The highest BCUT2D eigenvalue weighted by atomic mass is 16.5. The third-order valence-corrected chi connectivity index (χ3v) is 7.80. The van der Waals surface area contributed by atoms with Crippen LogP contribution < -0.4 is 15.4 Å². The van der Waals surface area contributed by atoms with Gasteiger partial charge in [0.2, 0.25) is 5.91 Å². The van der Waals surface area contributed by atoms with E-state index in [1.165, 1.54) is 0 Å². The molecule has 4 N–H and O–H groups in total. The number of nitrogens with zero attached hydrogens (tertiary/aromatic N) is 2. The second-order valence-corrected chi connectivity index (χ2v) is 11.0. The first-order valence-electron chi connectivity index (χ1n) is 13.9. The van der Waals surface area contributed by atoms with Crippen molar-refractivity contribution in [2.24, 2.45) is 11.8 Å². The third kappa shape index (κ3) is 6.99. The lowest BCUT2D eigenvalue weighted by Gasteiger charge is -2.38. The van der Waals surface area contributed by atoms with Gasteiger partial charge in [0, 0.05) is 31.5 Å². The Kier molecular flexibility index (Phi) is 9.78. The number of amides is 2. The van der Waals surface area contributed by atoms with Crippen LogP contribution in [0.25, 0.3) is 0 Å². The molecule has 2 heterocycles. The van der Waals surface area contributed by atoms with Crippen molar-refractivity contribution in [3.63, 3.8) is 0 Å². The Morgan fingerprint density at radius 1 is 1.18 bits per heavy atom. The van der Waals surface area contributed by atoms with E-state index < -0.39 is 5.97 Å². The van der Waals surface area contributed by atoms with Crippen molar-refractivity contribution < 1.29 is 29.3 Å².